The van der Waals surface area contributed by atoms with Crippen LogP contribution in [0.25, 0.3) is 0 Å². The van der Waals surface area contributed by atoms with Gasteiger partial charge in [-0.05, 0) is 24.3 Å². The van der Waals surface area contributed by atoms with Crippen molar-refractivity contribution in [1.29, 1.82) is 0 Å². The molecule has 2 rings (SSSR count). The van der Waals surface area contributed by atoms with Crippen molar-refractivity contribution < 1.29 is 14.3 Å². The number of nitrogens with zero attached hydrogens (tertiary/aromatic N) is 1. The molecule has 18 heavy (non-hydrogen) atoms. The minimum atomic E-state index is -0.573. The molecular weight excluding hydrogens is 232 g/mol. The molecule has 1 heterocycles. The van der Waals surface area contributed by atoms with Gasteiger partial charge in [-0.25, -0.2) is 4.79 Å². The summed E-state index contributed by atoms with van der Waals surface area (Å²) >= 11 is 0. The van der Waals surface area contributed by atoms with Crippen LogP contribution >= 0.6 is 0 Å². The lowest BCUT2D eigenvalue weighted by atomic mass is 10.3. The Kier molecular flexibility index (Phi) is 3.76. The van der Waals surface area contributed by atoms with Gasteiger partial charge in [0.15, 0.2) is 0 Å². The van der Waals surface area contributed by atoms with Gasteiger partial charge in [0.1, 0.15) is 11.5 Å². The van der Waals surface area contributed by atoms with Crippen LogP contribution < -0.4 is 14.8 Å². The SMILES string of the molecule is COc1cccc(OC(=O)Nc2cccnc2)c1. The first-order chi connectivity index (χ1) is 8.78. The predicted molar refractivity (Wildman–Crippen MR) is 66.9 cm³/mol. The average molecular weight is 244 g/mol. The summed E-state index contributed by atoms with van der Waals surface area (Å²) in [6, 6.07) is 10.3. The maximum absolute atomic E-state index is 11.6. The Labute approximate surface area is 104 Å². The van der Waals surface area contributed by atoms with E-state index in [1.165, 1.54) is 6.20 Å². The molecule has 92 valence electrons. The van der Waals surface area contributed by atoms with E-state index in [1.807, 2.05) is 0 Å². The van der Waals surface area contributed by atoms with Crippen molar-refractivity contribution in [2.75, 3.05) is 12.4 Å². The number of nitrogens with one attached hydrogen (secondary N) is 1. The standard InChI is InChI=1S/C13H12N2O3/c1-17-11-5-2-6-12(8-11)18-13(16)15-10-4-3-7-14-9-10/h2-9H,1H3,(H,15,16). The third-order valence-corrected chi connectivity index (χ3v) is 2.16. The van der Waals surface area contributed by atoms with E-state index in [0.29, 0.717) is 17.2 Å². The van der Waals surface area contributed by atoms with Crippen LogP contribution in [0.5, 0.6) is 11.5 Å². The van der Waals surface area contributed by atoms with Crippen molar-refractivity contribution in [3.05, 3.63) is 48.8 Å². The van der Waals surface area contributed by atoms with Crippen LogP contribution in [-0.2, 0) is 0 Å². The summed E-state index contributed by atoms with van der Waals surface area (Å²) in [5, 5.41) is 2.56. The van der Waals surface area contributed by atoms with E-state index < -0.39 is 6.09 Å². The number of ether oxygens (including phenoxy) is 2. The van der Waals surface area contributed by atoms with E-state index in [1.54, 1.807) is 49.7 Å². The molecule has 0 fully saturated rings. The first-order valence-corrected chi connectivity index (χ1v) is 5.31. The van der Waals surface area contributed by atoms with E-state index in [9.17, 15) is 4.79 Å². The van der Waals surface area contributed by atoms with E-state index in [4.69, 9.17) is 9.47 Å². The number of carbonyl (C=O) groups excluding carboxylic acids is 1. The van der Waals surface area contributed by atoms with E-state index >= 15 is 0 Å². The normalized spacial score (nSPS) is 9.61. The van der Waals surface area contributed by atoms with Crippen LogP contribution in [0.2, 0.25) is 0 Å². The molecule has 0 bridgehead atoms. The monoisotopic (exact) mass is 244 g/mol. The molecule has 0 radical (unpaired) electrons. The molecule has 0 spiro atoms. The molecule has 1 aromatic carbocycles. The Balaban J connectivity index is 1.99. The molecule has 1 N–H and O–H groups in total. The summed E-state index contributed by atoms with van der Waals surface area (Å²) < 4.78 is 10.1. The Morgan fingerprint density at radius 2 is 2.06 bits per heavy atom. The summed E-state index contributed by atoms with van der Waals surface area (Å²) in [5.74, 6) is 1.04. The molecule has 0 saturated heterocycles. The van der Waals surface area contributed by atoms with Crippen molar-refractivity contribution in [3.63, 3.8) is 0 Å². The molecule has 5 heteroatoms. The van der Waals surface area contributed by atoms with E-state index in [-0.39, 0.29) is 0 Å². The number of hydrogen-bond donors (Lipinski definition) is 1. The second-order valence-electron chi connectivity index (χ2n) is 3.44. The summed E-state index contributed by atoms with van der Waals surface area (Å²) in [6.45, 7) is 0. The van der Waals surface area contributed by atoms with Crippen molar-refractivity contribution in [1.82, 2.24) is 4.98 Å². The fourth-order valence-corrected chi connectivity index (χ4v) is 1.35. The number of anilines is 1. The van der Waals surface area contributed by atoms with Gasteiger partial charge in [-0.1, -0.05) is 6.07 Å². The Morgan fingerprint density at radius 1 is 1.22 bits per heavy atom. The highest BCUT2D eigenvalue weighted by atomic mass is 16.6. The van der Waals surface area contributed by atoms with Crippen molar-refractivity contribution in [2.24, 2.45) is 0 Å². The number of hydrogen-bond acceptors (Lipinski definition) is 4. The lowest BCUT2D eigenvalue weighted by Gasteiger charge is -2.07. The molecule has 1 amide bonds. The third-order valence-electron chi connectivity index (χ3n) is 2.16. The van der Waals surface area contributed by atoms with Gasteiger partial charge in [-0.3, -0.25) is 10.3 Å². The second kappa shape index (κ2) is 5.67. The van der Waals surface area contributed by atoms with Gasteiger partial charge in [0.05, 0.1) is 19.0 Å². The van der Waals surface area contributed by atoms with Gasteiger partial charge >= 0.3 is 6.09 Å². The van der Waals surface area contributed by atoms with Crippen molar-refractivity contribution in [2.45, 2.75) is 0 Å². The van der Waals surface area contributed by atoms with Crippen LogP contribution in [0.1, 0.15) is 0 Å². The van der Waals surface area contributed by atoms with Gasteiger partial charge in [0.2, 0.25) is 0 Å². The number of carbonyl (C=O) groups is 1. The zero-order valence-electron chi connectivity index (χ0n) is 9.79. The Hall–Kier alpha value is -2.56. The van der Waals surface area contributed by atoms with Crippen LogP contribution in [0.15, 0.2) is 48.8 Å². The molecule has 5 nitrogen and oxygen atoms in total. The lowest BCUT2D eigenvalue weighted by molar-refractivity contribution is 0.215. The van der Waals surface area contributed by atoms with Crippen LogP contribution in [0.3, 0.4) is 0 Å². The largest absolute Gasteiger partial charge is 0.497 e. The Bertz CT molecular complexity index is 529. The molecule has 0 aliphatic heterocycles. The second-order valence-corrected chi connectivity index (χ2v) is 3.44. The fraction of sp³-hybridized carbons (Fsp3) is 0.0769. The van der Waals surface area contributed by atoms with Gasteiger partial charge in [-0.2, -0.15) is 0 Å². The topological polar surface area (TPSA) is 60.5 Å². The molecule has 1 aromatic heterocycles. The summed E-state index contributed by atoms with van der Waals surface area (Å²) in [4.78, 5) is 15.5. The lowest BCUT2D eigenvalue weighted by Crippen LogP contribution is -2.16. The first-order valence-electron chi connectivity index (χ1n) is 5.31. The third kappa shape index (κ3) is 3.21. The highest BCUT2D eigenvalue weighted by Gasteiger charge is 2.05. The zero-order chi connectivity index (χ0) is 12.8. The van der Waals surface area contributed by atoms with Crippen LogP contribution in [0.4, 0.5) is 10.5 Å². The quantitative estimate of drug-likeness (QED) is 0.901. The number of methoxy groups -OCH3 is 1. The van der Waals surface area contributed by atoms with Crippen molar-refractivity contribution in [3.8, 4) is 11.5 Å². The maximum Gasteiger partial charge on any atom is 0.417 e. The Morgan fingerprint density at radius 3 is 2.78 bits per heavy atom. The fourth-order valence-electron chi connectivity index (χ4n) is 1.35. The predicted octanol–water partition coefficient (Wildman–Crippen LogP) is 2.70. The molecule has 0 atom stereocenters. The van der Waals surface area contributed by atoms with E-state index in [2.05, 4.69) is 10.3 Å². The highest BCUT2D eigenvalue weighted by Crippen LogP contribution is 2.19. The molecule has 0 aliphatic carbocycles. The summed E-state index contributed by atoms with van der Waals surface area (Å²) in [7, 11) is 1.55. The van der Waals surface area contributed by atoms with Crippen LogP contribution in [0, 0.1) is 0 Å². The molecule has 0 saturated carbocycles. The number of benzene rings is 1. The number of aromatic nitrogens is 1. The van der Waals surface area contributed by atoms with Gasteiger partial charge in [-0.15, -0.1) is 0 Å². The zero-order valence-corrected chi connectivity index (χ0v) is 9.79. The summed E-state index contributed by atoms with van der Waals surface area (Å²) in [6.07, 6.45) is 2.59. The molecule has 2 aromatic rings. The molecular formula is C13H12N2O3. The molecule has 0 unspecified atom stereocenters. The average Bonchev–Trinajstić information content (AvgIpc) is 2.40. The van der Waals surface area contributed by atoms with Gasteiger partial charge < -0.3 is 9.47 Å². The minimum absolute atomic E-state index is 0.413. The number of amides is 1. The van der Waals surface area contributed by atoms with Crippen LogP contribution in [-0.4, -0.2) is 18.2 Å². The van der Waals surface area contributed by atoms with Gasteiger partial charge in [0, 0.05) is 12.3 Å². The smallest absolute Gasteiger partial charge is 0.417 e. The number of rotatable bonds is 3. The highest BCUT2D eigenvalue weighted by molar-refractivity contribution is 5.85. The van der Waals surface area contributed by atoms with Crippen molar-refractivity contribution >= 4 is 11.8 Å². The minimum Gasteiger partial charge on any atom is -0.497 e. The first kappa shape index (κ1) is 11.9. The van der Waals surface area contributed by atoms with E-state index in [0.717, 1.165) is 0 Å². The summed E-state index contributed by atoms with van der Waals surface area (Å²) in [5.41, 5.74) is 0.574. The number of pyridine rings is 1. The maximum atomic E-state index is 11.6. The van der Waals surface area contributed by atoms with Gasteiger partial charge in [0.25, 0.3) is 0 Å². The molecule has 0 aliphatic rings.